The normalized spacial score (nSPS) is 15.5. The van der Waals surface area contributed by atoms with Gasteiger partial charge >= 0.3 is 5.97 Å². The van der Waals surface area contributed by atoms with Crippen LogP contribution in [0.3, 0.4) is 0 Å². The highest BCUT2D eigenvalue weighted by Crippen LogP contribution is 2.51. The van der Waals surface area contributed by atoms with Gasteiger partial charge in [0.2, 0.25) is 12.7 Å². The topological polar surface area (TPSA) is 97.8 Å². The van der Waals surface area contributed by atoms with Gasteiger partial charge in [-0.1, -0.05) is 18.2 Å². The second kappa shape index (κ2) is 6.88. The zero-order valence-electron chi connectivity index (χ0n) is 15.9. The summed E-state index contributed by atoms with van der Waals surface area (Å²) in [6, 6.07) is 15.8. The number of ether oxygens (including phenoxy) is 2. The fraction of sp³-hybridized carbons (Fsp3) is 0.174. The molecule has 7 heteroatoms. The summed E-state index contributed by atoms with van der Waals surface area (Å²) in [4.78, 5) is 28.3. The Morgan fingerprint density at radius 1 is 0.967 bits per heavy atom. The Labute approximate surface area is 173 Å². The van der Waals surface area contributed by atoms with E-state index in [9.17, 15) is 9.59 Å². The van der Waals surface area contributed by atoms with E-state index in [0.29, 0.717) is 17.3 Å². The van der Waals surface area contributed by atoms with Gasteiger partial charge in [0.25, 0.3) is 0 Å². The van der Waals surface area contributed by atoms with E-state index < -0.39 is 11.4 Å². The average molecular weight is 404 g/mol. The predicted molar refractivity (Wildman–Crippen MR) is 111 cm³/mol. The number of nitrogens with one attached hydrogen (secondary N) is 1. The maximum absolute atomic E-state index is 13.0. The molecule has 2 aliphatic rings. The first-order chi connectivity index (χ1) is 14.5. The van der Waals surface area contributed by atoms with Gasteiger partial charge < -0.3 is 19.9 Å². The molecule has 2 heterocycles. The number of fused-ring (bicyclic) bond motifs is 1. The number of amides is 1. The second-order valence-electron chi connectivity index (χ2n) is 7.42. The van der Waals surface area contributed by atoms with Crippen molar-refractivity contribution in [3.8, 4) is 22.6 Å². The van der Waals surface area contributed by atoms with Gasteiger partial charge in [0.05, 0.1) is 11.0 Å². The second-order valence-corrected chi connectivity index (χ2v) is 7.42. The van der Waals surface area contributed by atoms with Crippen LogP contribution in [0.4, 0.5) is 5.82 Å². The molecule has 1 amide bonds. The Morgan fingerprint density at radius 3 is 2.37 bits per heavy atom. The molecular weight excluding hydrogens is 384 g/mol. The number of anilines is 1. The SMILES string of the molecule is O=C(O)c1ccc(-c2ccc(NC(=O)C3(c4ccc5c(c4)OCO5)CC3)nc2)cc1.[HH]. The molecule has 1 saturated carbocycles. The Hall–Kier alpha value is -3.87. The van der Waals surface area contributed by atoms with Crippen LogP contribution in [-0.4, -0.2) is 28.8 Å². The molecule has 152 valence electrons. The molecule has 1 fully saturated rings. The van der Waals surface area contributed by atoms with Crippen LogP contribution in [0.2, 0.25) is 0 Å². The van der Waals surface area contributed by atoms with Gasteiger partial charge in [0.15, 0.2) is 11.5 Å². The van der Waals surface area contributed by atoms with Crippen LogP contribution in [-0.2, 0) is 10.2 Å². The Bertz CT molecular complexity index is 1140. The third kappa shape index (κ3) is 3.14. The van der Waals surface area contributed by atoms with E-state index in [1.54, 1.807) is 36.5 Å². The maximum Gasteiger partial charge on any atom is 0.335 e. The number of carbonyl (C=O) groups is 2. The molecular formula is C23H20N2O5. The van der Waals surface area contributed by atoms with Crippen LogP contribution in [0.15, 0.2) is 60.8 Å². The van der Waals surface area contributed by atoms with Gasteiger partial charge in [0, 0.05) is 13.2 Å². The Kier molecular flexibility index (Phi) is 4.17. The summed E-state index contributed by atoms with van der Waals surface area (Å²) in [6.07, 6.45) is 3.20. The van der Waals surface area contributed by atoms with Crippen molar-refractivity contribution in [2.75, 3.05) is 12.1 Å². The van der Waals surface area contributed by atoms with Crippen LogP contribution in [0.1, 0.15) is 30.2 Å². The molecule has 2 aromatic carbocycles. The lowest BCUT2D eigenvalue weighted by atomic mass is 9.94. The van der Waals surface area contributed by atoms with Gasteiger partial charge in [-0.2, -0.15) is 0 Å². The fourth-order valence-corrected chi connectivity index (χ4v) is 3.65. The number of pyridine rings is 1. The first-order valence-corrected chi connectivity index (χ1v) is 9.57. The number of carbonyl (C=O) groups excluding carboxylic acids is 1. The monoisotopic (exact) mass is 404 g/mol. The molecule has 0 bridgehead atoms. The standard InChI is InChI=1S/C23H18N2O5.H2/c26-21(27)15-3-1-14(2-4-15)16-5-8-20(24-12-16)25-22(28)23(9-10-23)17-6-7-18-19(11-17)30-13-29-18;/h1-8,11-12H,9-10,13H2,(H,26,27)(H,24,25,28);1H. The van der Waals surface area contributed by atoms with Crippen LogP contribution in [0.5, 0.6) is 11.5 Å². The molecule has 1 aromatic heterocycles. The number of benzene rings is 2. The number of hydrogen-bond donors (Lipinski definition) is 2. The number of hydrogen-bond acceptors (Lipinski definition) is 5. The summed E-state index contributed by atoms with van der Waals surface area (Å²) in [5.74, 6) is 0.783. The van der Waals surface area contributed by atoms with E-state index >= 15 is 0 Å². The smallest absolute Gasteiger partial charge is 0.335 e. The molecule has 0 atom stereocenters. The highest BCUT2D eigenvalue weighted by molar-refractivity contribution is 6.01. The van der Waals surface area contributed by atoms with E-state index in [2.05, 4.69) is 10.3 Å². The van der Waals surface area contributed by atoms with Crippen LogP contribution >= 0.6 is 0 Å². The van der Waals surface area contributed by atoms with Crippen LogP contribution in [0.25, 0.3) is 11.1 Å². The van der Waals surface area contributed by atoms with E-state index in [1.165, 1.54) is 0 Å². The van der Waals surface area contributed by atoms with Crippen molar-refractivity contribution in [3.05, 3.63) is 71.9 Å². The first kappa shape index (κ1) is 18.2. The maximum atomic E-state index is 13.0. The zero-order chi connectivity index (χ0) is 20.7. The summed E-state index contributed by atoms with van der Waals surface area (Å²) in [5.41, 5.74) is 2.27. The Balaban J connectivity index is 0.00000231. The molecule has 3 aromatic rings. The minimum absolute atomic E-state index is 0. The van der Waals surface area contributed by atoms with Crippen molar-refractivity contribution in [3.63, 3.8) is 0 Å². The number of rotatable bonds is 5. The van der Waals surface area contributed by atoms with E-state index in [4.69, 9.17) is 14.6 Å². The number of nitrogens with zero attached hydrogens (tertiary/aromatic N) is 1. The summed E-state index contributed by atoms with van der Waals surface area (Å²) in [6.45, 7) is 0.202. The molecule has 0 spiro atoms. The number of aromatic carboxylic acids is 1. The lowest BCUT2D eigenvalue weighted by molar-refractivity contribution is -0.118. The summed E-state index contributed by atoms with van der Waals surface area (Å²) in [5, 5.41) is 11.9. The highest BCUT2D eigenvalue weighted by atomic mass is 16.7. The number of aromatic nitrogens is 1. The summed E-state index contributed by atoms with van der Waals surface area (Å²) >= 11 is 0. The molecule has 0 saturated heterocycles. The molecule has 30 heavy (non-hydrogen) atoms. The first-order valence-electron chi connectivity index (χ1n) is 9.57. The van der Waals surface area contributed by atoms with E-state index in [-0.39, 0.29) is 19.7 Å². The van der Waals surface area contributed by atoms with Crippen LogP contribution < -0.4 is 14.8 Å². The van der Waals surface area contributed by atoms with E-state index in [1.807, 2.05) is 24.3 Å². The van der Waals surface area contributed by atoms with Crippen molar-refractivity contribution >= 4 is 17.7 Å². The third-order valence-electron chi connectivity index (χ3n) is 5.58. The zero-order valence-corrected chi connectivity index (χ0v) is 15.9. The fourth-order valence-electron chi connectivity index (χ4n) is 3.65. The van der Waals surface area contributed by atoms with Crippen molar-refractivity contribution < 1.29 is 25.6 Å². The minimum Gasteiger partial charge on any atom is -0.478 e. The number of carboxylic acid groups (broad SMARTS) is 1. The van der Waals surface area contributed by atoms with Crippen molar-refractivity contribution in [1.82, 2.24) is 4.98 Å². The molecule has 5 rings (SSSR count). The number of carboxylic acids is 1. The lowest BCUT2D eigenvalue weighted by Gasteiger charge is -2.16. The van der Waals surface area contributed by atoms with Crippen molar-refractivity contribution in [2.24, 2.45) is 0 Å². The van der Waals surface area contributed by atoms with Gasteiger partial charge in [-0.15, -0.1) is 0 Å². The van der Waals surface area contributed by atoms with Gasteiger partial charge in [-0.25, -0.2) is 9.78 Å². The molecule has 1 aliphatic heterocycles. The minimum atomic E-state index is -0.964. The summed E-state index contributed by atoms with van der Waals surface area (Å²) < 4.78 is 10.8. The van der Waals surface area contributed by atoms with Crippen molar-refractivity contribution in [1.29, 1.82) is 0 Å². The highest BCUT2D eigenvalue weighted by Gasteiger charge is 2.51. The molecule has 1 aliphatic carbocycles. The molecule has 0 radical (unpaired) electrons. The Morgan fingerprint density at radius 2 is 1.70 bits per heavy atom. The van der Waals surface area contributed by atoms with Crippen molar-refractivity contribution in [2.45, 2.75) is 18.3 Å². The molecule has 0 unspecified atom stereocenters. The van der Waals surface area contributed by atoms with E-state index in [0.717, 1.165) is 29.5 Å². The average Bonchev–Trinajstić information content (AvgIpc) is 3.45. The largest absolute Gasteiger partial charge is 0.478 e. The molecule has 2 N–H and O–H groups in total. The predicted octanol–water partition coefficient (Wildman–Crippen LogP) is 4.09. The quantitative estimate of drug-likeness (QED) is 0.665. The van der Waals surface area contributed by atoms with Crippen LogP contribution in [0, 0.1) is 0 Å². The lowest BCUT2D eigenvalue weighted by Crippen LogP contribution is -2.28. The van der Waals surface area contributed by atoms with Gasteiger partial charge in [-0.05, 0) is 60.4 Å². The summed E-state index contributed by atoms with van der Waals surface area (Å²) in [7, 11) is 0. The van der Waals surface area contributed by atoms with Gasteiger partial charge in [-0.3, -0.25) is 4.79 Å². The molecule has 7 nitrogen and oxygen atoms in total. The third-order valence-corrected chi connectivity index (χ3v) is 5.58. The van der Waals surface area contributed by atoms with Gasteiger partial charge in [0.1, 0.15) is 5.82 Å².